The van der Waals surface area contributed by atoms with Gasteiger partial charge in [0.25, 0.3) is 0 Å². The van der Waals surface area contributed by atoms with Crippen LogP contribution >= 0.6 is 0 Å². The molecule has 1 aliphatic heterocycles. The molecule has 5 heteroatoms. The van der Waals surface area contributed by atoms with Crippen molar-refractivity contribution in [3.63, 3.8) is 0 Å². The minimum absolute atomic E-state index is 0.638. The molecule has 1 saturated carbocycles. The summed E-state index contributed by atoms with van der Waals surface area (Å²) in [6, 6.07) is 0.912. The van der Waals surface area contributed by atoms with Gasteiger partial charge in [0.05, 0.1) is 0 Å². The van der Waals surface area contributed by atoms with E-state index in [1.807, 2.05) is 0 Å². The number of nitrogens with zero attached hydrogens (tertiary/aromatic N) is 5. The summed E-state index contributed by atoms with van der Waals surface area (Å²) in [4.78, 5) is 7.85. The van der Waals surface area contributed by atoms with Gasteiger partial charge in [-0.25, -0.2) is 0 Å². The van der Waals surface area contributed by atoms with E-state index in [0.717, 1.165) is 19.0 Å². The standard InChI is InChI=1S/C10H19N5/c11-13-12-4-1-5-14-6-8-15(9-7-14)10-2-3-10/h10H,1-9H2. The van der Waals surface area contributed by atoms with Crippen LogP contribution in [0.5, 0.6) is 0 Å². The third-order valence-electron chi connectivity index (χ3n) is 3.27. The summed E-state index contributed by atoms with van der Waals surface area (Å²) in [6.45, 7) is 6.55. The summed E-state index contributed by atoms with van der Waals surface area (Å²) < 4.78 is 0. The Balaban J connectivity index is 1.58. The molecule has 1 aliphatic carbocycles. The number of rotatable bonds is 5. The van der Waals surface area contributed by atoms with Crippen LogP contribution in [0.25, 0.3) is 10.4 Å². The molecule has 2 fully saturated rings. The summed E-state index contributed by atoms with van der Waals surface area (Å²) >= 11 is 0. The van der Waals surface area contributed by atoms with Crippen molar-refractivity contribution in [2.75, 3.05) is 39.3 Å². The molecule has 84 valence electrons. The van der Waals surface area contributed by atoms with Crippen molar-refractivity contribution in [1.29, 1.82) is 0 Å². The smallest absolute Gasteiger partial charge is 0.0270 e. The molecule has 15 heavy (non-hydrogen) atoms. The molecule has 2 rings (SSSR count). The molecule has 0 spiro atoms. The average molecular weight is 209 g/mol. The van der Waals surface area contributed by atoms with E-state index >= 15 is 0 Å². The molecule has 1 saturated heterocycles. The monoisotopic (exact) mass is 209 g/mol. The Bertz CT molecular complexity index is 236. The summed E-state index contributed by atoms with van der Waals surface area (Å²) in [5.74, 6) is 0. The summed E-state index contributed by atoms with van der Waals surface area (Å²) in [6.07, 6.45) is 3.82. The van der Waals surface area contributed by atoms with Gasteiger partial charge in [0.2, 0.25) is 0 Å². The highest BCUT2D eigenvalue weighted by Gasteiger charge is 2.30. The fraction of sp³-hybridized carbons (Fsp3) is 1.00. The molecule has 0 radical (unpaired) electrons. The van der Waals surface area contributed by atoms with Crippen molar-refractivity contribution in [1.82, 2.24) is 9.80 Å². The van der Waals surface area contributed by atoms with Gasteiger partial charge in [-0.15, -0.1) is 0 Å². The number of hydrogen-bond acceptors (Lipinski definition) is 3. The van der Waals surface area contributed by atoms with Crippen LogP contribution < -0.4 is 0 Å². The van der Waals surface area contributed by atoms with Gasteiger partial charge < -0.3 is 4.90 Å². The van der Waals surface area contributed by atoms with E-state index in [4.69, 9.17) is 5.53 Å². The predicted octanol–water partition coefficient (Wildman–Crippen LogP) is 1.47. The molecule has 2 aliphatic rings. The molecule has 0 aromatic heterocycles. The van der Waals surface area contributed by atoms with Crippen molar-refractivity contribution in [3.05, 3.63) is 10.4 Å². The quantitative estimate of drug-likeness (QED) is 0.298. The lowest BCUT2D eigenvalue weighted by atomic mass is 10.3. The second-order valence-corrected chi connectivity index (χ2v) is 4.42. The maximum Gasteiger partial charge on any atom is 0.0270 e. The van der Waals surface area contributed by atoms with Gasteiger partial charge >= 0.3 is 0 Å². The zero-order chi connectivity index (χ0) is 10.5. The fourth-order valence-corrected chi connectivity index (χ4v) is 2.20. The van der Waals surface area contributed by atoms with E-state index in [1.165, 1.54) is 39.0 Å². The van der Waals surface area contributed by atoms with Crippen molar-refractivity contribution >= 4 is 0 Å². The Labute approximate surface area is 90.7 Å². The highest BCUT2D eigenvalue weighted by molar-refractivity contribution is 4.87. The largest absolute Gasteiger partial charge is 0.301 e. The first-order chi connectivity index (χ1) is 7.40. The normalized spacial score (nSPS) is 23.7. The summed E-state index contributed by atoms with van der Waals surface area (Å²) in [7, 11) is 0. The lowest BCUT2D eigenvalue weighted by Crippen LogP contribution is -2.47. The molecule has 0 aromatic rings. The number of hydrogen-bond donors (Lipinski definition) is 0. The molecule has 0 atom stereocenters. The molecular weight excluding hydrogens is 190 g/mol. The zero-order valence-electron chi connectivity index (χ0n) is 9.18. The van der Waals surface area contributed by atoms with E-state index in [-0.39, 0.29) is 0 Å². The van der Waals surface area contributed by atoms with Crippen LogP contribution in [0.15, 0.2) is 5.11 Å². The third-order valence-corrected chi connectivity index (χ3v) is 3.27. The van der Waals surface area contributed by atoms with Crippen molar-refractivity contribution < 1.29 is 0 Å². The molecule has 0 bridgehead atoms. The molecule has 0 N–H and O–H groups in total. The van der Waals surface area contributed by atoms with Crippen molar-refractivity contribution in [2.24, 2.45) is 5.11 Å². The Kier molecular flexibility index (Phi) is 3.83. The van der Waals surface area contributed by atoms with Gasteiger partial charge in [0, 0.05) is 43.7 Å². The highest BCUT2D eigenvalue weighted by atomic mass is 15.3. The molecule has 1 heterocycles. The van der Waals surface area contributed by atoms with Crippen LogP contribution in [0.3, 0.4) is 0 Å². The van der Waals surface area contributed by atoms with Crippen LogP contribution in [0.2, 0.25) is 0 Å². The maximum atomic E-state index is 8.14. The van der Waals surface area contributed by atoms with E-state index in [2.05, 4.69) is 19.8 Å². The van der Waals surface area contributed by atoms with Gasteiger partial charge in [-0.05, 0) is 31.3 Å². The lowest BCUT2D eigenvalue weighted by Gasteiger charge is -2.34. The van der Waals surface area contributed by atoms with Crippen molar-refractivity contribution in [3.8, 4) is 0 Å². The number of piperazine rings is 1. The van der Waals surface area contributed by atoms with E-state index in [9.17, 15) is 0 Å². The lowest BCUT2D eigenvalue weighted by molar-refractivity contribution is 0.126. The Morgan fingerprint density at radius 1 is 1.20 bits per heavy atom. The maximum absolute atomic E-state index is 8.14. The van der Waals surface area contributed by atoms with Gasteiger partial charge in [0.15, 0.2) is 0 Å². The minimum atomic E-state index is 0.638. The predicted molar refractivity (Wildman–Crippen MR) is 59.7 cm³/mol. The van der Waals surface area contributed by atoms with Gasteiger partial charge in [-0.1, -0.05) is 5.11 Å². The zero-order valence-corrected chi connectivity index (χ0v) is 9.18. The Hall–Kier alpha value is -0.770. The topological polar surface area (TPSA) is 55.2 Å². The molecule has 0 amide bonds. The molecule has 0 aromatic carbocycles. The second-order valence-electron chi connectivity index (χ2n) is 4.42. The van der Waals surface area contributed by atoms with Crippen LogP contribution in [-0.4, -0.2) is 55.1 Å². The first-order valence-electron chi connectivity index (χ1n) is 5.87. The van der Waals surface area contributed by atoms with E-state index in [0.29, 0.717) is 6.54 Å². The Morgan fingerprint density at radius 2 is 1.93 bits per heavy atom. The summed E-state index contributed by atoms with van der Waals surface area (Å²) in [5.41, 5.74) is 8.14. The van der Waals surface area contributed by atoms with Gasteiger partial charge in [0.1, 0.15) is 0 Å². The second kappa shape index (κ2) is 5.35. The fourth-order valence-electron chi connectivity index (χ4n) is 2.20. The van der Waals surface area contributed by atoms with Crippen LogP contribution in [-0.2, 0) is 0 Å². The van der Waals surface area contributed by atoms with Gasteiger partial charge in [-0.3, -0.25) is 4.90 Å². The number of azide groups is 1. The first kappa shape index (κ1) is 10.7. The van der Waals surface area contributed by atoms with Gasteiger partial charge in [-0.2, -0.15) is 0 Å². The van der Waals surface area contributed by atoms with Crippen molar-refractivity contribution in [2.45, 2.75) is 25.3 Å². The third kappa shape index (κ3) is 3.38. The van der Waals surface area contributed by atoms with Crippen LogP contribution in [0, 0.1) is 0 Å². The van der Waals surface area contributed by atoms with Crippen LogP contribution in [0.4, 0.5) is 0 Å². The average Bonchev–Trinajstić information content (AvgIpc) is 3.09. The Morgan fingerprint density at radius 3 is 2.53 bits per heavy atom. The molecular formula is C10H19N5. The highest BCUT2D eigenvalue weighted by Crippen LogP contribution is 2.27. The summed E-state index contributed by atoms with van der Waals surface area (Å²) in [5, 5.41) is 3.55. The van der Waals surface area contributed by atoms with E-state index in [1.54, 1.807) is 0 Å². The SMILES string of the molecule is [N-]=[N+]=NCCCN1CCN(C2CC2)CC1. The first-order valence-corrected chi connectivity index (χ1v) is 5.87. The molecule has 0 unspecified atom stereocenters. The van der Waals surface area contributed by atoms with E-state index < -0.39 is 0 Å². The molecule has 5 nitrogen and oxygen atoms in total. The van der Waals surface area contributed by atoms with Crippen LogP contribution in [0.1, 0.15) is 19.3 Å². The minimum Gasteiger partial charge on any atom is -0.301 e.